The molecule has 2 rings (SSSR count). The summed E-state index contributed by atoms with van der Waals surface area (Å²) in [5.74, 6) is 0.126. The second-order valence-corrected chi connectivity index (χ2v) is 5.02. The average molecular weight is 255 g/mol. The molecule has 0 radical (unpaired) electrons. The van der Waals surface area contributed by atoms with E-state index in [1.807, 2.05) is 4.90 Å². The maximum atomic E-state index is 12.4. The second-order valence-electron chi connectivity index (χ2n) is 5.02. The van der Waals surface area contributed by atoms with Gasteiger partial charge in [0.15, 0.2) is 6.10 Å². The molecule has 0 saturated carbocycles. The van der Waals surface area contributed by atoms with Crippen molar-refractivity contribution in [3.8, 4) is 0 Å². The van der Waals surface area contributed by atoms with Gasteiger partial charge in [0.2, 0.25) is 0 Å². The van der Waals surface area contributed by atoms with E-state index in [4.69, 9.17) is 9.47 Å². The van der Waals surface area contributed by atoms with Gasteiger partial charge < -0.3 is 14.4 Å². The fourth-order valence-corrected chi connectivity index (χ4v) is 2.65. The summed E-state index contributed by atoms with van der Waals surface area (Å²) in [7, 11) is 0. The van der Waals surface area contributed by atoms with Gasteiger partial charge in [0.05, 0.1) is 19.8 Å². The lowest BCUT2D eigenvalue weighted by Gasteiger charge is -2.38. The highest BCUT2D eigenvalue weighted by Crippen LogP contribution is 2.22. The summed E-state index contributed by atoms with van der Waals surface area (Å²) in [5, 5.41) is 0. The molecule has 2 fully saturated rings. The molecule has 0 N–H and O–H groups in total. The predicted molar refractivity (Wildman–Crippen MR) is 65.2 cm³/mol. The minimum atomic E-state index is -0.480. The molecule has 102 valence electrons. The van der Waals surface area contributed by atoms with Crippen molar-refractivity contribution in [1.29, 1.82) is 0 Å². The van der Waals surface area contributed by atoms with Crippen LogP contribution in [0.25, 0.3) is 0 Å². The molecule has 0 aromatic heterocycles. The number of piperidine rings is 1. The Balaban J connectivity index is 1.98. The Hall–Kier alpha value is -0.940. The third-order valence-corrected chi connectivity index (χ3v) is 3.52. The molecule has 2 unspecified atom stereocenters. The zero-order valence-electron chi connectivity index (χ0n) is 10.9. The monoisotopic (exact) mass is 255 g/mol. The summed E-state index contributed by atoms with van der Waals surface area (Å²) >= 11 is 0. The third kappa shape index (κ3) is 3.29. The molecular formula is C13H21NO4. The van der Waals surface area contributed by atoms with Crippen molar-refractivity contribution >= 4 is 11.7 Å². The Labute approximate surface area is 107 Å². The third-order valence-electron chi connectivity index (χ3n) is 3.52. The summed E-state index contributed by atoms with van der Waals surface area (Å²) < 4.78 is 10.7. The van der Waals surface area contributed by atoms with Crippen molar-refractivity contribution in [3.05, 3.63) is 0 Å². The number of likely N-dealkylation sites (tertiary alicyclic amines) is 1. The number of hydrogen-bond acceptors (Lipinski definition) is 4. The van der Waals surface area contributed by atoms with Crippen molar-refractivity contribution in [1.82, 2.24) is 4.90 Å². The van der Waals surface area contributed by atoms with E-state index in [1.165, 1.54) is 0 Å². The second kappa shape index (κ2) is 6.29. The zero-order valence-corrected chi connectivity index (χ0v) is 10.9. The van der Waals surface area contributed by atoms with Crippen LogP contribution in [0, 0.1) is 0 Å². The summed E-state index contributed by atoms with van der Waals surface area (Å²) in [4.78, 5) is 25.4. The topological polar surface area (TPSA) is 55.8 Å². The Morgan fingerprint density at radius 1 is 1.28 bits per heavy atom. The summed E-state index contributed by atoms with van der Waals surface area (Å²) in [6.45, 7) is 3.68. The van der Waals surface area contributed by atoms with Crippen LogP contribution < -0.4 is 0 Å². The van der Waals surface area contributed by atoms with Crippen LogP contribution in [0.15, 0.2) is 0 Å². The average Bonchev–Trinajstić information content (AvgIpc) is 2.39. The molecule has 2 aliphatic rings. The van der Waals surface area contributed by atoms with Crippen LogP contribution in [0.4, 0.5) is 0 Å². The van der Waals surface area contributed by atoms with E-state index < -0.39 is 6.10 Å². The first-order valence-electron chi connectivity index (χ1n) is 6.67. The number of ketones is 1. The minimum Gasteiger partial charge on any atom is -0.376 e. The molecule has 0 aromatic carbocycles. The number of Topliss-reactive ketones (excluding diaryl/α,β-unsaturated/α-hetero) is 1. The SMILES string of the molecule is CC(=O)CC1CCCCN1C(=O)C1COCCO1. The summed E-state index contributed by atoms with van der Waals surface area (Å²) in [6, 6.07) is 0.0503. The Kier molecular flexibility index (Phi) is 4.72. The van der Waals surface area contributed by atoms with E-state index >= 15 is 0 Å². The number of amides is 1. The highest BCUT2D eigenvalue weighted by Gasteiger charge is 2.33. The summed E-state index contributed by atoms with van der Waals surface area (Å²) in [5.41, 5.74) is 0. The van der Waals surface area contributed by atoms with Crippen LogP contribution in [0.3, 0.4) is 0 Å². The van der Waals surface area contributed by atoms with E-state index in [1.54, 1.807) is 6.92 Å². The number of ether oxygens (including phenoxy) is 2. The number of carbonyl (C=O) groups excluding carboxylic acids is 2. The van der Waals surface area contributed by atoms with Crippen LogP contribution in [0.5, 0.6) is 0 Å². The molecule has 0 aliphatic carbocycles. The molecule has 0 spiro atoms. The van der Waals surface area contributed by atoms with Gasteiger partial charge in [0, 0.05) is 19.0 Å². The molecule has 2 heterocycles. The quantitative estimate of drug-likeness (QED) is 0.747. The van der Waals surface area contributed by atoms with E-state index in [0.29, 0.717) is 26.2 Å². The van der Waals surface area contributed by atoms with Gasteiger partial charge in [-0.1, -0.05) is 0 Å². The van der Waals surface area contributed by atoms with Crippen molar-refractivity contribution < 1.29 is 19.1 Å². The molecule has 0 bridgehead atoms. The lowest BCUT2D eigenvalue weighted by molar-refractivity contribution is -0.161. The number of carbonyl (C=O) groups is 2. The van der Waals surface area contributed by atoms with Crippen molar-refractivity contribution in [2.45, 2.75) is 44.8 Å². The van der Waals surface area contributed by atoms with Crippen molar-refractivity contribution in [2.75, 3.05) is 26.4 Å². The van der Waals surface area contributed by atoms with Crippen LogP contribution >= 0.6 is 0 Å². The van der Waals surface area contributed by atoms with Crippen LogP contribution in [0.2, 0.25) is 0 Å². The first-order chi connectivity index (χ1) is 8.68. The number of nitrogens with zero attached hydrogens (tertiary/aromatic N) is 1. The predicted octanol–water partition coefficient (Wildman–Crippen LogP) is 0.762. The molecule has 18 heavy (non-hydrogen) atoms. The molecule has 1 amide bonds. The minimum absolute atomic E-state index is 0.0133. The van der Waals surface area contributed by atoms with Crippen molar-refractivity contribution in [2.24, 2.45) is 0 Å². The number of hydrogen-bond donors (Lipinski definition) is 0. The van der Waals surface area contributed by atoms with Crippen LogP contribution in [0.1, 0.15) is 32.6 Å². The first kappa shape index (κ1) is 13.5. The van der Waals surface area contributed by atoms with Gasteiger partial charge in [-0.3, -0.25) is 9.59 Å². The van der Waals surface area contributed by atoms with Gasteiger partial charge in [0.1, 0.15) is 5.78 Å². The van der Waals surface area contributed by atoms with Crippen LogP contribution in [-0.4, -0.2) is 55.1 Å². The molecule has 2 atom stereocenters. The van der Waals surface area contributed by atoms with Crippen molar-refractivity contribution in [3.63, 3.8) is 0 Å². The zero-order chi connectivity index (χ0) is 13.0. The highest BCUT2D eigenvalue weighted by atomic mass is 16.6. The smallest absolute Gasteiger partial charge is 0.254 e. The van der Waals surface area contributed by atoms with E-state index in [9.17, 15) is 9.59 Å². The molecule has 2 saturated heterocycles. The molecule has 5 nitrogen and oxygen atoms in total. The molecule has 2 aliphatic heterocycles. The lowest BCUT2D eigenvalue weighted by Crippen LogP contribution is -2.51. The molecular weight excluding hydrogens is 234 g/mol. The van der Waals surface area contributed by atoms with E-state index in [0.717, 1.165) is 25.8 Å². The van der Waals surface area contributed by atoms with Gasteiger partial charge in [0.25, 0.3) is 5.91 Å². The van der Waals surface area contributed by atoms with Gasteiger partial charge in [-0.05, 0) is 26.2 Å². The normalized spacial score (nSPS) is 29.1. The largest absolute Gasteiger partial charge is 0.376 e. The maximum absolute atomic E-state index is 12.4. The van der Waals surface area contributed by atoms with Gasteiger partial charge in [-0.15, -0.1) is 0 Å². The highest BCUT2D eigenvalue weighted by molar-refractivity contribution is 5.83. The molecule has 0 aromatic rings. The van der Waals surface area contributed by atoms with Gasteiger partial charge >= 0.3 is 0 Å². The fraction of sp³-hybridized carbons (Fsp3) is 0.846. The first-order valence-corrected chi connectivity index (χ1v) is 6.67. The maximum Gasteiger partial charge on any atom is 0.254 e. The molecule has 5 heteroatoms. The van der Waals surface area contributed by atoms with E-state index in [-0.39, 0.29) is 17.7 Å². The Morgan fingerprint density at radius 2 is 2.11 bits per heavy atom. The van der Waals surface area contributed by atoms with Crippen LogP contribution in [-0.2, 0) is 19.1 Å². The Morgan fingerprint density at radius 3 is 2.78 bits per heavy atom. The Bertz CT molecular complexity index is 312. The summed E-state index contributed by atoms with van der Waals surface area (Å²) in [6.07, 6.45) is 2.99. The van der Waals surface area contributed by atoms with Gasteiger partial charge in [-0.2, -0.15) is 0 Å². The fourth-order valence-electron chi connectivity index (χ4n) is 2.65. The van der Waals surface area contributed by atoms with Gasteiger partial charge in [-0.25, -0.2) is 0 Å². The van der Waals surface area contributed by atoms with E-state index in [2.05, 4.69) is 0 Å². The lowest BCUT2D eigenvalue weighted by atomic mass is 9.97. The standard InChI is InChI=1S/C13H21NO4/c1-10(15)8-11-4-2-3-5-14(11)13(16)12-9-17-6-7-18-12/h11-12H,2-9H2,1H3. The number of rotatable bonds is 3.